The van der Waals surface area contributed by atoms with Gasteiger partial charge in [0.2, 0.25) is 0 Å². The second kappa shape index (κ2) is 7.79. The first-order valence-electron chi connectivity index (χ1n) is 9.36. The van der Waals surface area contributed by atoms with Crippen molar-refractivity contribution in [2.24, 2.45) is 0 Å². The van der Waals surface area contributed by atoms with Gasteiger partial charge < -0.3 is 14.8 Å². The number of nitrogens with one attached hydrogen (secondary N) is 1. The monoisotopic (exact) mass is 389 g/mol. The number of rotatable bonds is 6. The third kappa shape index (κ3) is 3.71. The van der Waals surface area contributed by atoms with Gasteiger partial charge in [-0.05, 0) is 43.7 Å². The summed E-state index contributed by atoms with van der Waals surface area (Å²) in [5.74, 6) is 2.73. The van der Waals surface area contributed by atoms with E-state index in [1.165, 1.54) is 0 Å². The van der Waals surface area contributed by atoms with Crippen LogP contribution in [0.4, 0.5) is 5.82 Å². The van der Waals surface area contributed by atoms with Crippen molar-refractivity contribution in [3.63, 3.8) is 0 Å². The summed E-state index contributed by atoms with van der Waals surface area (Å²) in [7, 11) is 3.24. The molecule has 0 radical (unpaired) electrons. The third-order valence-electron chi connectivity index (χ3n) is 4.81. The quantitative estimate of drug-likeness (QED) is 0.530. The molecule has 1 unspecified atom stereocenters. The molecule has 148 valence electrons. The van der Waals surface area contributed by atoms with E-state index < -0.39 is 0 Å². The molecule has 0 amide bonds. The van der Waals surface area contributed by atoms with Crippen LogP contribution in [0.1, 0.15) is 24.4 Å². The molecule has 0 bridgehead atoms. The highest BCUT2D eigenvalue weighted by Crippen LogP contribution is 2.35. The van der Waals surface area contributed by atoms with Crippen LogP contribution in [-0.2, 0) is 0 Å². The lowest BCUT2D eigenvalue weighted by atomic mass is 10.1. The fourth-order valence-corrected chi connectivity index (χ4v) is 3.33. The number of hydrogen-bond donors (Lipinski definition) is 1. The number of methoxy groups -OCH3 is 2. The first-order chi connectivity index (χ1) is 14.1. The van der Waals surface area contributed by atoms with Gasteiger partial charge in [0, 0.05) is 23.8 Å². The number of fused-ring (bicyclic) bond motifs is 1. The topological polar surface area (TPSA) is 74.1 Å². The van der Waals surface area contributed by atoms with Crippen LogP contribution in [0.5, 0.6) is 11.5 Å². The maximum Gasteiger partial charge on any atom is 0.162 e. The van der Waals surface area contributed by atoms with Crippen LogP contribution in [0, 0.1) is 6.92 Å². The van der Waals surface area contributed by atoms with E-state index in [9.17, 15) is 0 Å². The molecule has 7 heteroatoms. The van der Waals surface area contributed by atoms with E-state index in [1.807, 2.05) is 48.1 Å². The summed E-state index contributed by atoms with van der Waals surface area (Å²) >= 11 is 0. The molecular weight excluding hydrogens is 366 g/mol. The number of nitrogens with zero attached hydrogens (tertiary/aromatic N) is 4. The molecule has 0 saturated heterocycles. The molecule has 1 atom stereocenters. The van der Waals surface area contributed by atoms with Crippen LogP contribution in [0.25, 0.3) is 16.6 Å². The van der Waals surface area contributed by atoms with Gasteiger partial charge in [-0.1, -0.05) is 12.1 Å². The normalized spacial score (nSPS) is 12.0. The van der Waals surface area contributed by atoms with Crippen LogP contribution in [-0.4, -0.2) is 34.0 Å². The molecule has 0 aliphatic heterocycles. The fourth-order valence-electron chi connectivity index (χ4n) is 3.33. The van der Waals surface area contributed by atoms with Gasteiger partial charge in [0.1, 0.15) is 11.6 Å². The molecule has 0 saturated carbocycles. The predicted molar refractivity (Wildman–Crippen MR) is 113 cm³/mol. The van der Waals surface area contributed by atoms with Gasteiger partial charge in [-0.25, -0.2) is 14.6 Å². The summed E-state index contributed by atoms with van der Waals surface area (Å²) in [6.45, 7) is 3.98. The van der Waals surface area contributed by atoms with E-state index in [2.05, 4.69) is 39.4 Å². The highest BCUT2D eigenvalue weighted by Gasteiger charge is 2.15. The average Bonchev–Trinajstić information content (AvgIpc) is 3.27. The molecule has 0 fully saturated rings. The minimum Gasteiger partial charge on any atom is -0.493 e. The Morgan fingerprint density at radius 3 is 2.52 bits per heavy atom. The first kappa shape index (κ1) is 18.7. The van der Waals surface area contributed by atoms with E-state index >= 15 is 0 Å². The SMILES string of the molecule is COc1cc2nc(C)nc(NC(C)c3cccc(-n4cccn4)c3)c2cc1OC. The van der Waals surface area contributed by atoms with Crippen molar-refractivity contribution in [2.45, 2.75) is 19.9 Å². The minimum absolute atomic E-state index is 0.0242. The lowest BCUT2D eigenvalue weighted by Crippen LogP contribution is -2.10. The van der Waals surface area contributed by atoms with Crippen molar-refractivity contribution < 1.29 is 9.47 Å². The standard InChI is InChI=1S/C22H23N5O2/c1-14(16-7-5-8-17(11-16)27-10-6-9-23-27)24-22-18-12-20(28-3)21(29-4)13-19(18)25-15(2)26-22/h5-14H,1-4H3,(H,24,25,26). The Balaban J connectivity index is 1.71. The largest absolute Gasteiger partial charge is 0.493 e. The zero-order chi connectivity index (χ0) is 20.4. The van der Waals surface area contributed by atoms with Gasteiger partial charge in [-0.2, -0.15) is 5.10 Å². The summed E-state index contributed by atoms with van der Waals surface area (Å²) in [5, 5.41) is 8.71. The Bertz CT molecular complexity index is 1140. The summed E-state index contributed by atoms with van der Waals surface area (Å²) < 4.78 is 12.7. The van der Waals surface area contributed by atoms with Crippen molar-refractivity contribution in [2.75, 3.05) is 19.5 Å². The highest BCUT2D eigenvalue weighted by molar-refractivity contribution is 5.92. The van der Waals surface area contributed by atoms with Crippen LogP contribution in [0.3, 0.4) is 0 Å². The molecule has 0 spiro atoms. The third-order valence-corrected chi connectivity index (χ3v) is 4.81. The summed E-state index contributed by atoms with van der Waals surface area (Å²) in [5.41, 5.74) is 2.94. The Labute approximate surface area is 169 Å². The minimum atomic E-state index is 0.0242. The number of hydrogen-bond acceptors (Lipinski definition) is 6. The maximum absolute atomic E-state index is 5.46. The Kier molecular flexibility index (Phi) is 5.03. The number of ether oxygens (including phenoxy) is 2. The Morgan fingerprint density at radius 2 is 1.79 bits per heavy atom. The van der Waals surface area contributed by atoms with Gasteiger partial charge >= 0.3 is 0 Å². The van der Waals surface area contributed by atoms with Gasteiger partial charge in [-0.3, -0.25) is 0 Å². The second-order valence-electron chi connectivity index (χ2n) is 6.76. The molecule has 0 aliphatic carbocycles. The van der Waals surface area contributed by atoms with Gasteiger partial charge in [0.05, 0.1) is 31.5 Å². The zero-order valence-corrected chi connectivity index (χ0v) is 16.9. The average molecular weight is 389 g/mol. The van der Waals surface area contributed by atoms with E-state index in [-0.39, 0.29) is 6.04 Å². The first-order valence-corrected chi connectivity index (χ1v) is 9.36. The van der Waals surface area contributed by atoms with E-state index in [1.54, 1.807) is 20.4 Å². The van der Waals surface area contributed by atoms with Crippen molar-refractivity contribution in [1.29, 1.82) is 0 Å². The molecule has 4 aromatic rings. The van der Waals surface area contributed by atoms with Gasteiger partial charge in [-0.15, -0.1) is 0 Å². The number of benzene rings is 2. The molecule has 2 heterocycles. The molecule has 4 rings (SSSR count). The summed E-state index contributed by atoms with van der Waals surface area (Å²) in [6, 6.07) is 14.0. The fraction of sp³-hybridized carbons (Fsp3) is 0.227. The van der Waals surface area contributed by atoms with Crippen molar-refractivity contribution in [3.05, 3.63) is 66.2 Å². The number of aromatic nitrogens is 4. The highest BCUT2D eigenvalue weighted by atomic mass is 16.5. The number of aryl methyl sites for hydroxylation is 1. The van der Waals surface area contributed by atoms with Gasteiger partial charge in [0.25, 0.3) is 0 Å². The van der Waals surface area contributed by atoms with Crippen LogP contribution in [0.15, 0.2) is 54.9 Å². The van der Waals surface area contributed by atoms with E-state index in [0.29, 0.717) is 17.3 Å². The van der Waals surface area contributed by atoms with Crippen molar-refractivity contribution in [1.82, 2.24) is 19.7 Å². The second-order valence-corrected chi connectivity index (χ2v) is 6.76. The van der Waals surface area contributed by atoms with E-state index in [4.69, 9.17) is 9.47 Å². The Hall–Kier alpha value is -3.61. The molecular formula is C22H23N5O2. The summed E-state index contributed by atoms with van der Waals surface area (Å²) in [4.78, 5) is 9.18. The molecule has 2 aromatic heterocycles. The summed E-state index contributed by atoms with van der Waals surface area (Å²) in [6.07, 6.45) is 3.70. The smallest absolute Gasteiger partial charge is 0.162 e. The lowest BCUT2D eigenvalue weighted by Gasteiger charge is -2.18. The molecule has 0 aliphatic rings. The molecule has 29 heavy (non-hydrogen) atoms. The number of anilines is 1. The van der Waals surface area contributed by atoms with Crippen molar-refractivity contribution >= 4 is 16.7 Å². The molecule has 7 nitrogen and oxygen atoms in total. The Morgan fingerprint density at radius 1 is 1.00 bits per heavy atom. The van der Waals surface area contributed by atoms with Crippen molar-refractivity contribution in [3.8, 4) is 17.2 Å². The van der Waals surface area contributed by atoms with Gasteiger partial charge in [0.15, 0.2) is 11.5 Å². The van der Waals surface area contributed by atoms with E-state index in [0.717, 1.165) is 28.0 Å². The zero-order valence-electron chi connectivity index (χ0n) is 16.9. The maximum atomic E-state index is 5.46. The van der Waals surface area contributed by atoms with Crippen LogP contribution < -0.4 is 14.8 Å². The lowest BCUT2D eigenvalue weighted by molar-refractivity contribution is 0.356. The van der Waals surface area contributed by atoms with Crippen LogP contribution in [0.2, 0.25) is 0 Å². The predicted octanol–water partition coefficient (Wildman–Crippen LogP) is 4.31. The molecule has 2 aromatic carbocycles. The van der Waals surface area contributed by atoms with Crippen LogP contribution >= 0.6 is 0 Å². The molecule has 1 N–H and O–H groups in total.